The molecule has 1 aliphatic carbocycles. The summed E-state index contributed by atoms with van der Waals surface area (Å²) in [5.74, 6) is -1.08. The SMILES string of the molecule is CCN(Cc1ccc(C(=O)N(C)C)cc1)C(=O)NC1CCC(C(=O)O)CC1. The van der Waals surface area contributed by atoms with E-state index in [1.54, 1.807) is 31.1 Å². The summed E-state index contributed by atoms with van der Waals surface area (Å²) in [7, 11) is 3.42. The number of urea groups is 1. The van der Waals surface area contributed by atoms with Crippen LogP contribution in [0.25, 0.3) is 0 Å². The summed E-state index contributed by atoms with van der Waals surface area (Å²) in [5, 5.41) is 12.1. The maximum absolute atomic E-state index is 12.6. The first kappa shape index (κ1) is 20.7. The highest BCUT2D eigenvalue weighted by molar-refractivity contribution is 5.93. The van der Waals surface area contributed by atoms with Gasteiger partial charge in [0.2, 0.25) is 0 Å². The van der Waals surface area contributed by atoms with Crippen molar-refractivity contribution in [3.05, 3.63) is 35.4 Å². The van der Waals surface area contributed by atoms with Crippen molar-refractivity contribution < 1.29 is 19.5 Å². The van der Waals surface area contributed by atoms with Crippen molar-refractivity contribution >= 4 is 17.9 Å². The Kier molecular flexibility index (Phi) is 7.21. The molecular formula is C20H29N3O4. The zero-order chi connectivity index (χ0) is 20.0. The van der Waals surface area contributed by atoms with Gasteiger partial charge in [0, 0.05) is 38.8 Å². The van der Waals surface area contributed by atoms with Gasteiger partial charge in [-0.2, -0.15) is 0 Å². The zero-order valence-corrected chi connectivity index (χ0v) is 16.3. The first-order chi connectivity index (χ1) is 12.8. The van der Waals surface area contributed by atoms with Crippen molar-refractivity contribution in [2.75, 3.05) is 20.6 Å². The Hall–Kier alpha value is -2.57. The maximum Gasteiger partial charge on any atom is 0.317 e. The van der Waals surface area contributed by atoms with Gasteiger partial charge in [0.25, 0.3) is 5.91 Å². The minimum absolute atomic E-state index is 0.0299. The third kappa shape index (κ3) is 5.70. The van der Waals surface area contributed by atoms with Crippen LogP contribution in [0.4, 0.5) is 4.79 Å². The molecule has 0 bridgehead atoms. The van der Waals surface area contributed by atoms with Gasteiger partial charge in [-0.15, -0.1) is 0 Å². The van der Waals surface area contributed by atoms with E-state index in [4.69, 9.17) is 5.11 Å². The second kappa shape index (κ2) is 9.39. The lowest BCUT2D eigenvalue weighted by Crippen LogP contribution is -2.46. The number of nitrogens with zero attached hydrogens (tertiary/aromatic N) is 2. The van der Waals surface area contributed by atoms with Crippen LogP contribution >= 0.6 is 0 Å². The largest absolute Gasteiger partial charge is 0.481 e. The quantitative estimate of drug-likeness (QED) is 0.800. The van der Waals surface area contributed by atoms with Crippen molar-refractivity contribution in [3.63, 3.8) is 0 Å². The second-order valence-electron chi connectivity index (χ2n) is 7.25. The van der Waals surface area contributed by atoms with Gasteiger partial charge in [-0.1, -0.05) is 12.1 Å². The number of amides is 3. The van der Waals surface area contributed by atoms with E-state index >= 15 is 0 Å². The number of carbonyl (C=O) groups is 3. The Morgan fingerprint density at radius 2 is 1.67 bits per heavy atom. The van der Waals surface area contributed by atoms with Gasteiger partial charge >= 0.3 is 12.0 Å². The molecule has 0 saturated heterocycles. The molecule has 0 unspecified atom stereocenters. The fourth-order valence-corrected chi connectivity index (χ4v) is 3.31. The molecule has 7 nitrogen and oxygen atoms in total. The predicted octanol–water partition coefficient (Wildman–Crippen LogP) is 2.56. The molecule has 1 fully saturated rings. The van der Waals surface area contributed by atoms with Crippen molar-refractivity contribution in [1.29, 1.82) is 0 Å². The molecule has 2 N–H and O–H groups in total. The number of hydrogen-bond acceptors (Lipinski definition) is 3. The van der Waals surface area contributed by atoms with E-state index in [2.05, 4.69) is 5.32 Å². The highest BCUT2D eigenvalue weighted by atomic mass is 16.4. The Balaban J connectivity index is 1.90. The van der Waals surface area contributed by atoms with Gasteiger partial charge in [-0.3, -0.25) is 9.59 Å². The maximum atomic E-state index is 12.6. The first-order valence-electron chi connectivity index (χ1n) is 9.40. The Morgan fingerprint density at radius 1 is 1.07 bits per heavy atom. The standard InChI is InChI=1S/C20H29N3O4/c1-4-23(13-14-5-7-15(8-6-14)18(24)22(2)3)20(27)21-17-11-9-16(10-12-17)19(25)26/h5-8,16-17H,4,9-13H2,1-3H3,(H,21,27)(H,25,26). The third-order valence-electron chi connectivity index (χ3n) is 5.05. The second-order valence-corrected chi connectivity index (χ2v) is 7.25. The van der Waals surface area contributed by atoms with E-state index in [1.807, 2.05) is 19.1 Å². The summed E-state index contributed by atoms with van der Waals surface area (Å²) in [5.41, 5.74) is 1.57. The normalized spacial score (nSPS) is 19.2. The van der Waals surface area contributed by atoms with Crippen molar-refractivity contribution in [2.24, 2.45) is 5.92 Å². The lowest BCUT2D eigenvalue weighted by molar-refractivity contribution is -0.142. The number of rotatable bonds is 6. The van der Waals surface area contributed by atoms with Gasteiger partial charge < -0.3 is 20.2 Å². The molecule has 1 aliphatic rings. The van der Waals surface area contributed by atoms with Crippen molar-refractivity contribution in [2.45, 2.75) is 45.2 Å². The summed E-state index contributed by atoms with van der Waals surface area (Å²) >= 11 is 0. The average Bonchev–Trinajstić information content (AvgIpc) is 2.66. The molecule has 7 heteroatoms. The fraction of sp³-hybridized carbons (Fsp3) is 0.550. The van der Waals surface area contributed by atoms with Crippen molar-refractivity contribution in [3.8, 4) is 0 Å². The molecule has 3 amide bonds. The highest BCUT2D eigenvalue weighted by Gasteiger charge is 2.27. The van der Waals surface area contributed by atoms with E-state index in [9.17, 15) is 14.4 Å². The Morgan fingerprint density at radius 3 is 2.15 bits per heavy atom. The van der Waals surface area contributed by atoms with Crippen LogP contribution in [0, 0.1) is 5.92 Å². The molecule has 0 radical (unpaired) electrons. The lowest BCUT2D eigenvalue weighted by Gasteiger charge is -2.30. The minimum atomic E-state index is -0.744. The highest BCUT2D eigenvalue weighted by Crippen LogP contribution is 2.24. The van der Waals surface area contributed by atoms with Gasteiger partial charge in [-0.05, 0) is 50.3 Å². The van der Waals surface area contributed by atoms with E-state index in [0.29, 0.717) is 44.3 Å². The van der Waals surface area contributed by atoms with Crippen LogP contribution in [0.1, 0.15) is 48.5 Å². The van der Waals surface area contributed by atoms with Crippen LogP contribution in [0.15, 0.2) is 24.3 Å². The zero-order valence-electron chi connectivity index (χ0n) is 16.3. The number of aliphatic carboxylic acids is 1. The lowest BCUT2D eigenvalue weighted by atomic mass is 9.86. The molecule has 0 atom stereocenters. The van der Waals surface area contributed by atoms with Gasteiger partial charge in [0.05, 0.1) is 5.92 Å². The predicted molar refractivity (Wildman–Crippen MR) is 102 cm³/mol. The van der Waals surface area contributed by atoms with E-state index in [1.165, 1.54) is 4.90 Å². The van der Waals surface area contributed by atoms with Gasteiger partial charge in [0.15, 0.2) is 0 Å². The van der Waals surface area contributed by atoms with Crippen LogP contribution in [0.2, 0.25) is 0 Å². The number of hydrogen-bond donors (Lipinski definition) is 2. The number of carboxylic acids is 1. The van der Waals surface area contributed by atoms with Crippen LogP contribution in [-0.4, -0.2) is 59.5 Å². The Labute approximate surface area is 160 Å². The first-order valence-corrected chi connectivity index (χ1v) is 9.40. The minimum Gasteiger partial charge on any atom is -0.481 e. The van der Waals surface area contributed by atoms with E-state index in [0.717, 1.165) is 5.56 Å². The van der Waals surface area contributed by atoms with Gasteiger partial charge in [-0.25, -0.2) is 4.79 Å². The van der Waals surface area contributed by atoms with Crippen LogP contribution in [0.3, 0.4) is 0 Å². The number of nitrogens with one attached hydrogen (secondary N) is 1. The molecule has 2 rings (SSSR count). The number of carboxylic acid groups (broad SMARTS) is 1. The summed E-state index contributed by atoms with van der Waals surface area (Å²) in [6.45, 7) is 2.95. The molecule has 1 saturated carbocycles. The van der Waals surface area contributed by atoms with Crippen LogP contribution in [0.5, 0.6) is 0 Å². The molecule has 1 aromatic carbocycles. The number of carbonyl (C=O) groups excluding carboxylic acids is 2. The molecule has 0 heterocycles. The molecule has 0 aliphatic heterocycles. The molecule has 1 aromatic rings. The van der Waals surface area contributed by atoms with E-state index in [-0.39, 0.29) is 23.9 Å². The summed E-state index contributed by atoms with van der Waals surface area (Å²) in [6.07, 6.45) is 2.60. The summed E-state index contributed by atoms with van der Waals surface area (Å²) in [4.78, 5) is 38.8. The van der Waals surface area contributed by atoms with Gasteiger partial charge in [0.1, 0.15) is 0 Å². The topological polar surface area (TPSA) is 90.0 Å². The van der Waals surface area contributed by atoms with E-state index < -0.39 is 5.97 Å². The van der Waals surface area contributed by atoms with Crippen molar-refractivity contribution in [1.82, 2.24) is 15.1 Å². The molecule has 0 spiro atoms. The molecular weight excluding hydrogens is 346 g/mol. The summed E-state index contributed by atoms with van der Waals surface area (Å²) < 4.78 is 0. The summed E-state index contributed by atoms with van der Waals surface area (Å²) in [6, 6.07) is 7.18. The van der Waals surface area contributed by atoms with Crippen LogP contribution in [-0.2, 0) is 11.3 Å². The molecule has 27 heavy (non-hydrogen) atoms. The van der Waals surface area contributed by atoms with Crippen LogP contribution < -0.4 is 5.32 Å². The molecule has 148 valence electrons. The number of benzene rings is 1. The average molecular weight is 375 g/mol. The molecule has 0 aromatic heterocycles. The fourth-order valence-electron chi connectivity index (χ4n) is 3.31. The smallest absolute Gasteiger partial charge is 0.317 e. The third-order valence-corrected chi connectivity index (χ3v) is 5.05. The Bertz CT molecular complexity index is 664. The monoisotopic (exact) mass is 375 g/mol.